The number of esters is 1. The molecule has 0 atom stereocenters. The van der Waals surface area contributed by atoms with Gasteiger partial charge in [0.15, 0.2) is 6.29 Å². The monoisotopic (exact) mass is 667 g/mol. The van der Waals surface area contributed by atoms with Gasteiger partial charge in [-0.25, -0.2) is 14.4 Å². The Balaban J connectivity index is 1.69. The Kier molecular flexibility index (Phi) is 11.1. The lowest BCUT2D eigenvalue weighted by molar-refractivity contribution is 0.0404. The Labute approximate surface area is 289 Å². The SMILES string of the molecule is COC(=O)c1ccc(-c2ccc3c(-c4ccc(C(C)(C)C)cc4)cccc3c2)c(CNC(NC(=O)OC(C)(C)C)NC(=O)OC(C)(C)C)c1. The zero-order valence-electron chi connectivity index (χ0n) is 30.2. The van der Waals surface area contributed by atoms with Crippen LogP contribution >= 0.6 is 0 Å². The van der Waals surface area contributed by atoms with E-state index < -0.39 is 35.6 Å². The molecular weight excluding hydrogens is 618 g/mol. The fraction of sp³-hybridized carbons (Fsp3) is 0.375. The summed E-state index contributed by atoms with van der Waals surface area (Å²) in [6, 6.07) is 26.6. The van der Waals surface area contributed by atoms with Crippen molar-refractivity contribution in [3.05, 3.63) is 95.6 Å². The molecule has 0 radical (unpaired) electrons. The third kappa shape index (κ3) is 10.3. The summed E-state index contributed by atoms with van der Waals surface area (Å²) in [4.78, 5) is 38.0. The molecule has 0 spiro atoms. The molecule has 49 heavy (non-hydrogen) atoms. The third-order valence-corrected chi connectivity index (χ3v) is 7.60. The van der Waals surface area contributed by atoms with E-state index in [0.717, 1.165) is 38.6 Å². The quantitative estimate of drug-likeness (QED) is 0.0979. The maximum absolute atomic E-state index is 12.7. The number of alkyl carbamates (subject to hydrolysis) is 2. The highest BCUT2D eigenvalue weighted by Crippen LogP contribution is 2.34. The van der Waals surface area contributed by atoms with Crippen LogP contribution in [0.25, 0.3) is 33.0 Å². The van der Waals surface area contributed by atoms with E-state index in [1.807, 2.05) is 6.07 Å². The predicted octanol–water partition coefficient (Wildman–Crippen LogP) is 8.68. The number of benzene rings is 4. The molecule has 0 saturated heterocycles. The molecule has 0 aliphatic rings. The van der Waals surface area contributed by atoms with E-state index in [0.29, 0.717) is 5.56 Å². The number of hydrogen-bond donors (Lipinski definition) is 3. The van der Waals surface area contributed by atoms with Crippen LogP contribution in [0.15, 0.2) is 78.9 Å². The van der Waals surface area contributed by atoms with Crippen molar-refractivity contribution in [1.29, 1.82) is 0 Å². The minimum Gasteiger partial charge on any atom is -0.465 e. The second kappa shape index (κ2) is 14.7. The van der Waals surface area contributed by atoms with Crippen molar-refractivity contribution in [3.8, 4) is 22.3 Å². The van der Waals surface area contributed by atoms with Crippen molar-refractivity contribution >= 4 is 28.9 Å². The molecule has 0 bridgehead atoms. The molecule has 9 nitrogen and oxygen atoms in total. The Bertz CT molecular complexity index is 1780. The highest BCUT2D eigenvalue weighted by Gasteiger charge is 2.24. The summed E-state index contributed by atoms with van der Waals surface area (Å²) in [6.45, 7) is 17.2. The van der Waals surface area contributed by atoms with Crippen LogP contribution in [-0.2, 0) is 26.2 Å². The molecule has 4 aromatic carbocycles. The maximum atomic E-state index is 12.7. The van der Waals surface area contributed by atoms with Gasteiger partial charge in [-0.1, -0.05) is 81.4 Å². The lowest BCUT2D eigenvalue weighted by atomic mass is 9.86. The Morgan fingerprint density at radius 2 is 1.27 bits per heavy atom. The van der Waals surface area contributed by atoms with Crippen LogP contribution in [0.1, 0.15) is 83.8 Å². The van der Waals surface area contributed by atoms with Gasteiger partial charge in [0.1, 0.15) is 11.2 Å². The molecule has 4 aromatic rings. The van der Waals surface area contributed by atoms with Gasteiger partial charge in [0, 0.05) is 6.54 Å². The fourth-order valence-corrected chi connectivity index (χ4v) is 5.32. The van der Waals surface area contributed by atoms with Crippen molar-refractivity contribution in [2.45, 2.75) is 91.8 Å². The zero-order chi connectivity index (χ0) is 36.1. The van der Waals surface area contributed by atoms with Crippen LogP contribution < -0.4 is 16.0 Å². The normalized spacial score (nSPS) is 12.1. The maximum Gasteiger partial charge on any atom is 0.410 e. The van der Waals surface area contributed by atoms with E-state index in [9.17, 15) is 14.4 Å². The van der Waals surface area contributed by atoms with Crippen molar-refractivity contribution in [3.63, 3.8) is 0 Å². The number of amides is 2. The molecule has 3 N–H and O–H groups in total. The summed E-state index contributed by atoms with van der Waals surface area (Å²) in [5, 5.41) is 10.6. The van der Waals surface area contributed by atoms with Gasteiger partial charge < -0.3 is 14.2 Å². The molecule has 0 heterocycles. The average molecular weight is 668 g/mol. The molecule has 0 aliphatic carbocycles. The summed E-state index contributed by atoms with van der Waals surface area (Å²) >= 11 is 0. The van der Waals surface area contributed by atoms with Crippen LogP contribution in [0, 0.1) is 0 Å². The molecule has 2 amide bonds. The molecule has 0 aliphatic heterocycles. The van der Waals surface area contributed by atoms with Gasteiger partial charge in [0.25, 0.3) is 0 Å². The smallest absolute Gasteiger partial charge is 0.410 e. The highest BCUT2D eigenvalue weighted by molar-refractivity contribution is 5.99. The van der Waals surface area contributed by atoms with Crippen LogP contribution in [0.2, 0.25) is 0 Å². The number of carbonyl (C=O) groups is 3. The first-order valence-electron chi connectivity index (χ1n) is 16.4. The summed E-state index contributed by atoms with van der Waals surface area (Å²) < 4.78 is 15.8. The van der Waals surface area contributed by atoms with Crippen LogP contribution in [0.4, 0.5) is 9.59 Å². The van der Waals surface area contributed by atoms with Crippen LogP contribution in [0.3, 0.4) is 0 Å². The number of nitrogens with one attached hydrogen (secondary N) is 3. The van der Waals surface area contributed by atoms with Gasteiger partial charge in [-0.15, -0.1) is 0 Å². The van der Waals surface area contributed by atoms with E-state index in [1.165, 1.54) is 12.7 Å². The third-order valence-electron chi connectivity index (χ3n) is 7.60. The number of ether oxygens (including phenoxy) is 3. The van der Waals surface area contributed by atoms with E-state index in [-0.39, 0.29) is 12.0 Å². The second-order valence-corrected chi connectivity index (χ2v) is 15.0. The van der Waals surface area contributed by atoms with Gasteiger partial charge in [-0.05, 0) is 109 Å². The number of fused-ring (bicyclic) bond motifs is 1. The molecule has 0 unspecified atom stereocenters. The predicted molar refractivity (Wildman–Crippen MR) is 194 cm³/mol. The topological polar surface area (TPSA) is 115 Å². The van der Waals surface area contributed by atoms with E-state index in [1.54, 1.807) is 53.7 Å². The summed E-state index contributed by atoms with van der Waals surface area (Å²) in [5.74, 6) is -0.483. The van der Waals surface area contributed by atoms with Crippen molar-refractivity contribution in [2.75, 3.05) is 7.11 Å². The van der Waals surface area contributed by atoms with Crippen molar-refractivity contribution in [1.82, 2.24) is 16.0 Å². The van der Waals surface area contributed by atoms with Gasteiger partial charge in [0.2, 0.25) is 0 Å². The first-order valence-corrected chi connectivity index (χ1v) is 16.4. The van der Waals surface area contributed by atoms with Crippen LogP contribution in [-0.4, -0.2) is 42.8 Å². The highest BCUT2D eigenvalue weighted by atomic mass is 16.6. The van der Waals surface area contributed by atoms with Gasteiger partial charge in [-0.2, -0.15) is 0 Å². The minimum absolute atomic E-state index is 0.0692. The molecular formula is C40H49N3O6. The largest absolute Gasteiger partial charge is 0.465 e. The standard InChI is InChI=1S/C40H49N3O6/c1-38(2,3)30-18-14-25(15-19-30)32-13-11-12-26-22-27(16-21-33(26)32)31-20-17-28(34(44)47-10)23-29(31)24-41-35(42-36(45)48-39(4,5)6)43-37(46)49-40(7,8)9/h11-23,35,41H,24H2,1-10H3,(H,42,45)(H,43,46). The Morgan fingerprint density at radius 1 is 0.673 bits per heavy atom. The number of rotatable bonds is 8. The lowest BCUT2D eigenvalue weighted by Crippen LogP contribution is -2.57. The first kappa shape index (κ1) is 36.9. The Hall–Kier alpha value is -4.89. The number of methoxy groups -OCH3 is 1. The van der Waals surface area contributed by atoms with Crippen molar-refractivity contribution in [2.24, 2.45) is 0 Å². The second-order valence-electron chi connectivity index (χ2n) is 15.0. The average Bonchev–Trinajstić information content (AvgIpc) is 3.00. The minimum atomic E-state index is -1.07. The number of carbonyl (C=O) groups excluding carboxylic acids is 3. The van der Waals surface area contributed by atoms with Gasteiger partial charge in [0.05, 0.1) is 12.7 Å². The summed E-state index contributed by atoms with van der Waals surface area (Å²) in [6.07, 6.45) is -2.53. The molecule has 260 valence electrons. The fourth-order valence-electron chi connectivity index (χ4n) is 5.32. The first-order chi connectivity index (χ1) is 22.8. The molecule has 0 fully saturated rings. The van der Waals surface area contributed by atoms with Gasteiger partial charge >= 0.3 is 18.2 Å². The molecule has 9 heteroatoms. The zero-order valence-corrected chi connectivity index (χ0v) is 30.2. The molecule has 0 aromatic heterocycles. The lowest BCUT2D eigenvalue weighted by Gasteiger charge is -2.27. The van der Waals surface area contributed by atoms with Crippen LogP contribution in [0.5, 0.6) is 0 Å². The van der Waals surface area contributed by atoms with E-state index in [4.69, 9.17) is 14.2 Å². The van der Waals surface area contributed by atoms with Crippen molar-refractivity contribution < 1.29 is 28.6 Å². The van der Waals surface area contributed by atoms with Gasteiger partial charge in [-0.3, -0.25) is 16.0 Å². The Morgan fingerprint density at radius 3 is 1.82 bits per heavy atom. The van der Waals surface area contributed by atoms with E-state index >= 15 is 0 Å². The summed E-state index contributed by atoms with van der Waals surface area (Å²) in [7, 11) is 1.33. The molecule has 4 rings (SSSR count). The summed E-state index contributed by atoms with van der Waals surface area (Å²) in [5.41, 5.74) is 4.99. The van der Waals surface area contributed by atoms with E-state index in [2.05, 4.69) is 97.4 Å². The number of hydrogen-bond acceptors (Lipinski definition) is 7. The molecule has 0 saturated carbocycles.